The first-order chi connectivity index (χ1) is 9.20. The molecule has 0 aliphatic carbocycles. The van der Waals surface area contributed by atoms with Crippen LogP contribution in [0.1, 0.15) is 17.2 Å². The molecular weight excluding hydrogens is 308 g/mol. The van der Waals surface area contributed by atoms with E-state index in [9.17, 15) is 5.11 Å². The van der Waals surface area contributed by atoms with Crippen LogP contribution in [0.3, 0.4) is 0 Å². The lowest BCUT2D eigenvalue weighted by molar-refractivity contribution is 0.108. The highest BCUT2D eigenvalue weighted by Gasteiger charge is 2.08. The van der Waals surface area contributed by atoms with Crippen LogP contribution in [-0.4, -0.2) is 16.8 Å². The van der Waals surface area contributed by atoms with Gasteiger partial charge < -0.3 is 14.9 Å². The molecule has 2 aromatic rings. The quantitative estimate of drug-likeness (QED) is 0.889. The molecule has 100 valence electrons. The molecule has 2 rings (SSSR count). The van der Waals surface area contributed by atoms with Crippen LogP contribution < -0.4 is 4.74 Å². The van der Waals surface area contributed by atoms with Crippen molar-refractivity contribution < 1.29 is 14.9 Å². The summed E-state index contributed by atoms with van der Waals surface area (Å²) in [6.45, 7) is 0.121. The van der Waals surface area contributed by atoms with Crippen LogP contribution in [0.5, 0.6) is 5.75 Å². The molecule has 19 heavy (non-hydrogen) atoms. The third-order valence-electron chi connectivity index (χ3n) is 2.78. The Morgan fingerprint density at radius 3 is 2.53 bits per heavy atom. The van der Waals surface area contributed by atoms with Crippen molar-refractivity contribution >= 4 is 15.9 Å². The summed E-state index contributed by atoms with van der Waals surface area (Å²) >= 11 is 3.34. The van der Waals surface area contributed by atoms with Crippen LogP contribution in [0.2, 0.25) is 0 Å². The molecule has 0 heterocycles. The highest BCUT2D eigenvalue weighted by Crippen LogP contribution is 2.23. The molecule has 0 fully saturated rings. The molecule has 2 N–H and O–H groups in total. The standard InChI is InChI=1S/C15H15BrO3/c16-14-7-6-13(8-12(14)9-17)19-10-15(18)11-4-2-1-3-5-11/h1-8,15,17-18H,9-10H2. The zero-order chi connectivity index (χ0) is 13.7. The molecule has 0 aliphatic heterocycles. The van der Waals surface area contributed by atoms with Gasteiger partial charge in [-0.15, -0.1) is 0 Å². The molecular formula is C15H15BrO3. The van der Waals surface area contributed by atoms with Crippen molar-refractivity contribution in [3.8, 4) is 5.75 Å². The first-order valence-corrected chi connectivity index (χ1v) is 6.75. The van der Waals surface area contributed by atoms with E-state index in [1.807, 2.05) is 36.4 Å². The minimum absolute atomic E-state index is 0.0565. The molecule has 0 bridgehead atoms. The fraction of sp³-hybridized carbons (Fsp3) is 0.200. The second kappa shape index (κ2) is 6.70. The monoisotopic (exact) mass is 322 g/mol. The Bertz CT molecular complexity index is 528. The maximum absolute atomic E-state index is 9.98. The Labute approximate surface area is 120 Å². The zero-order valence-electron chi connectivity index (χ0n) is 10.3. The van der Waals surface area contributed by atoms with Crippen LogP contribution in [0, 0.1) is 0 Å². The largest absolute Gasteiger partial charge is 0.491 e. The van der Waals surface area contributed by atoms with Gasteiger partial charge in [0.05, 0.1) is 6.61 Å². The fourth-order valence-corrected chi connectivity index (χ4v) is 2.08. The predicted molar refractivity (Wildman–Crippen MR) is 77.0 cm³/mol. The van der Waals surface area contributed by atoms with Gasteiger partial charge >= 0.3 is 0 Å². The van der Waals surface area contributed by atoms with Gasteiger partial charge in [-0.3, -0.25) is 0 Å². The van der Waals surface area contributed by atoms with Gasteiger partial charge in [-0.05, 0) is 29.3 Å². The normalized spacial score (nSPS) is 12.2. The van der Waals surface area contributed by atoms with Gasteiger partial charge in [-0.2, -0.15) is 0 Å². The molecule has 3 nitrogen and oxygen atoms in total. The molecule has 1 unspecified atom stereocenters. The van der Waals surface area contributed by atoms with Gasteiger partial charge in [0.1, 0.15) is 18.5 Å². The molecule has 2 aromatic carbocycles. The lowest BCUT2D eigenvalue weighted by Gasteiger charge is -2.13. The van der Waals surface area contributed by atoms with Gasteiger partial charge in [0.25, 0.3) is 0 Å². The number of halogens is 1. The molecule has 0 aliphatic rings. The average molecular weight is 323 g/mol. The Balaban J connectivity index is 1.99. The lowest BCUT2D eigenvalue weighted by atomic mass is 10.1. The SMILES string of the molecule is OCc1cc(OCC(O)c2ccccc2)ccc1Br. The van der Waals surface area contributed by atoms with Gasteiger partial charge in [-0.1, -0.05) is 46.3 Å². The Kier molecular flexibility index (Phi) is 4.96. The van der Waals surface area contributed by atoms with Crippen LogP contribution in [0.25, 0.3) is 0 Å². The summed E-state index contributed by atoms with van der Waals surface area (Å²) in [5, 5.41) is 19.1. The zero-order valence-corrected chi connectivity index (χ0v) is 11.9. The minimum Gasteiger partial charge on any atom is -0.491 e. The van der Waals surface area contributed by atoms with Crippen LogP contribution >= 0.6 is 15.9 Å². The summed E-state index contributed by atoms with van der Waals surface area (Å²) in [6, 6.07) is 14.7. The molecule has 4 heteroatoms. The molecule has 0 saturated carbocycles. The van der Waals surface area contributed by atoms with Crippen molar-refractivity contribution in [2.45, 2.75) is 12.7 Å². The first kappa shape index (κ1) is 14.1. The fourth-order valence-electron chi connectivity index (χ4n) is 1.71. The molecule has 0 spiro atoms. The van der Waals surface area contributed by atoms with Gasteiger partial charge in [0, 0.05) is 4.47 Å². The van der Waals surface area contributed by atoms with Gasteiger partial charge in [-0.25, -0.2) is 0 Å². The summed E-state index contributed by atoms with van der Waals surface area (Å²) in [7, 11) is 0. The Morgan fingerprint density at radius 1 is 1.11 bits per heavy atom. The topological polar surface area (TPSA) is 49.7 Å². The summed E-state index contributed by atoms with van der Waals surface area (Å²) < 4.78 is 6.38. The second-order valence-corrected chi connectivity index (χ2v) is 5.00. The van der Waals surface area contributed by atoms with Gasteiger partial charge in [0.15, 0.2) is 0 Å². The van der Waals surface area contributed by atoms with Crippen molar-refractivity contribution in [2.24, 2.45) is 0 Å². The first-order valence-electron chi connectivity index (χ1n) is 5.96. The number of benzene rings is 2. The maximum atomic E-state index is 9.98. The summed E-state index contributed by atoms with van der Waals surface area (Å²) in [6.07, 6.45) is -0.664. The molecule has 0 radical (unpaired) electrons. The Morgan fingerprint density at radius 2 is 1.84 bits per heavy atom. The van der Waals surface area contributed by atoms with Crippen molar-refractivity contribution in [1.82, 2.24) is 0 Å². The van der Waals surface area contributed by atoms with E-state index in [0.29, 0.717) is 5.75 Å². The number of rotatable bonds is 5. The average Bonchev–Trinajstić information content (AvgIpc) is 2.47. The number of aliphatic hydroxyl groups excluding tert-OH is 2. The van der Waals surface area contributed by atoms with E-state index >= 15 is 0 Å². The van der Waals surface area contributed by atoms with Crippen LogP contribution in [0.4, 0.5) is 0 Å². The summed E-state index contributed by atoms with van der Waals surface area (Å²) in [4.78, 5) is 0. The third kappa shape index (κ3) is 3.80. The minimum atomic E-state index is -0.664. The summed E-state index contributed by atoms with van der Waals surface area (Å²) in [5.41, 5.74) is 1.58. The molecule has 0 saturated heterocycles. The molecule has 0 amide bonds. The smallest absolute Gasteiger partial charge is 0.119 e. The third-order valence-corrected chi connectivity index (χ3v) is 3.55. The molecule has 1 atom stereocenters. The number of aliphatic hydroxyl groups is 2. The maximum Gasteiger partial charge on any atom is 0.119 e. The Hall–Kier alpha value is -1.36. The van der Waals surface area contributed by atoms with E-state index in [0.717, 1.165) is 15.6 Å². The number of ether oxygens (including phenoxy) is 1. The van der Waals surface area contributed by atoms with E-state index in [1.165, 1.54) is 0 Å². The lowest BCUT2D eigenvalue weighted by Crippen LogP contribution is -2.09. The second-order valence-electron chi connectivity index (χ2n) is 4.15. The van der Waals surface area contributed by atoms with E-state index in [2.05, 4.69) is 15.9 Å². The van der Waals surface area contributed by atoms with E-state index < -0.39 is 6.10 Å². The van der Waals surface area contributed by atoms with Crippen molar-refractivity contribution in [3.63, 3.8) is 0 Å². The highest BCUT2D eigenvalue weighted by atomic mass is 79.9. The summed E-state index contributed by atoms with van der Waals surface area (Å²) in [5.74, 6) is 0.627. The van der Waals surface area contributed by atoms with Crippen molar-refractivity contribution in [3.05, 3.63) is 64.1 Å². The van der Waals surface area contributed by atoms with Crippen LogP contribution in [0.15, 0.2) is 53.0 Å². The van der Waals surface area contributed by atoms with Crippen molar-refractivity contribution in [2.75, 3.05) is 6.61 Å². The predicted octanol–water partition coefficient (Wildman–Crippen LogP) is 3.05. The van der Waals surface area contributed by atoms with Gasteiger partial charge in [0.2, 0.25) is 0 Å². The number of hydrogen-bond acceptors (Lipinski definition) is 3. The van der Waals surface area contributed by atoms with E-state index in [-0.39, 0.29) is 13.2 Å². The van der Waals surface area contributed by atoms with E-state index in [4.69, 9.17) is 9.84 Å². The van der Waals surface area contributed by atoms with Crippen LogP contribution in [-0.2, 0) is 6.61 Å². The van der Waals surface area contributed by atoms with Crippen molar-refractivity contribution in [1.29, 1.82) is 0 Å². The number of hydrogen-bond donors (Lipinski definition) is 2. The molecule has 0 aromatic heterocycles. The highest BCUT2D eigenvalue weighted by molar-refractivity contribution is 9.10. The van der Waals surface area contributed by atoms with E-state index in [1.54, 1.807) is 12.1 Å².